The molecule has 1 aromatic heterocycles. The predicted octanol–water partition coefficient (Wildman–Crippen LogP) is 2.97. The summed E-state index contributed by atoms with van der Waals surface area (Å²) in [5, 5.41) is 16.7. The van der Waals surface area contributed by atoms with Gasteiger partial charge in [0.1, 0.15) is 17.1 Å². The van der Waals surface area contributed by atoms with Gasteiger partial charge in [-0.3, -0.25) is 19.8 Å². The molecule has 0 spiro atoms. The van der Waals surface area contributed by atoms with E-state index in [4.69, 9.17) is 0 Å². The van der Waals surface area contributed by atoms with Crippen LogP contribution in [0.1, 0.15) is 36.3 Å². The topological polar surface area (TPSA) is 104 Å². The third-order valence-electron chi connectivity index (χ3n) is 5.52. The molecule has 1 saturated carbocycles. The van der Waals surface area contributed by atoms with Crippen LogP contribution in [-0.2, 0) is 15.1 Å². The molecule has 2 heterocycles. The zero-order valence-electron chi connectivity index (χ0n) is 16.2. The molecule has 1 atom stereocenters. The van der Waals surface area contributed by atoms with Gasteiger partial charge in [-0.05, 0) is 42.2 Å². The van der Waals surface area contributed by atoms with Crippen LogP contribution in [0, 0.1) is 0 Å². The Balaban J connectivity index is 1.32. The lowest BCUT2D eigenvalue weighted by Gasteiger charge is -2.22. The molecule has 2 aromatic carbocycles. The van der Waals surface area contributed by atoms with E-state index in [2.05, 4.69) is 20.8 Å². The molecule has 1 aliphatic heterocycles. The van der Waals surface area contributed by atoms with Crippen molar-refractivity contribution in [3.05, 3.63) is 53.0 Å². The molecule has 4 amide bonds. The lowest BCUT2D eigenvalue weighted by Crippen LogP contribution is -2.42. The lowest BCUT2D eigenvalue weighted by atomic mass is 9.90. The second-order valence-corrected chi connectivity index (χ2v) is 8.79. The molecule has 152 valence electrons. The molecular weight excluding hydrogens is 402 g/mol. The largest absolute Gasteiger partial charge is 0.325 e. The van der Waals surface area contributed by atoms with Crippen molar-refractivity contribution in [2.45, 2.75) is 31.2 Å². The highest BCUT2D eigenvalue weighted by Crippen LogP contribution is 2.42. The summed E-state index contributed by atoms with van der Waals surface area (Å²) in [5.41, 5.74) is -0.566. The van der Waals surface area contributed by atoms with E-state index in [1.807, 2.05) is 42.5 Å². The Morgan fingerprint density at radius 2 is 1.97 bits per heavy atom. The number of carbonyl (C=O) groups excluding carboxylic acids is 3. The van der Waals surface area contributed by atoms with Crippen LogP contribution in [0.2, 0.25) is 0 Å². The molecule has 1 saturated heterocycles. The smallest absolute Gasteiger partial charge is 0.319 e. The molecule has 0 unspecified atom stereocenters. The summed E-state index contributed by atoms with van der Waals surface area (Å²) in [7, 11) is 0. The molecule has 5 rings (SSSR count). The molecule has 9 heteroatoms. The van der Waals surface area contributed by atoms with Crippen molar-refractivity contribution in [1.29, 1.82) is 0 Å². The number of urea groups is 1. The fourth-order valence-corrected chi connectivity index (χ4v) is 4.55. The van der Waals surface area contributed by atoms with Crippen LogP contribution in [0.25, 0.3) is 10.8 Å². The minimum Gasteiger partial charge on any atom is -0.319 e. The number of imide groups is 1. The number of anilines is 1. The second kappa shape index (κ2) is 6.88. The van der Waals surface area contributed by atoms with Gasteiger partial charge in [0.2, 0.25) is 11.0 Å². The van der Waals surface area contributed by atoms with Gasteiger partial charge in [0.15, 0.2) is 0 Å². The SMILES string of the molecule is C[C@@]1(c2ccc3ccccc3c2)NC(=O)N(CC(=O)Nc2nnc(C3CC3)s2)C1=O. The number of fused-ring (bicyclic) bond motifs is 1. The van der Waals surface area contributed by atoms with Crippen LogP contribution in [0.4, 0.5) is 9.93 Å². The van der Waals surface area contributed by atoms with Crippen LogP contribution < -0.4 is 10.6 Å². The van der Waals surface area contributed by atoms with Gasteiger partial charge >= 0.3 is 6.03 Å². The zero-order valence-corrected chi connectivity index (χ0v) is 17.0. The Bertz CT molecular complexity index is 1190. The monoisotopic (exact) mass is 421 g/mol. The maximum absolute atomic E-state index is 13.1. The molecule has 0 radical (unpaired) electrons. The summed E-state index contributed by atoms with van der Waals surface area (Å²) in [4.78, 5) is 39.0. The fourth-order valence-electron chi connectivity index (χ4n) is 3.62. The van der Waals surface area contributed by atoms with Gasteiger partial charge in [-0.1, -0.05) is 47.7 Å². The predicted molar refractivity (Wildman–Crippen MR) is 112 cm³/mol. The van der Waals surface area contributed by atoms with Crippen LogP contribution >= 0.6 is 11.3 Å². The van der Waals surface area contributed by atoms with E-state index in [0.717, 1.165) is 33.5 Å². The van der Waals surface area contributed by atoms with Gasteiger partial charge in [0.05, 0.1) is 0 Å². The first-order valence-corrected chi connectivity index (χ1v) is 10.5. The normalized spacial score (nSPS) is 21.2. The highest BCUT2D eigenvalue weighted by molar-refractivity contribution is 7.15. The highest BCUT2D eigenvalue weighted by atomic mass is 32.1. The van der Waals surface area contributed by atoms with Crippen molar-refractivity contribution in [3.8, 4) is 0 Å². The van der Waals surface area contributed by atoms with E-state index >= 15 is 0 Å². The minimum atomic E-state index is -1.23. The van der Waals surface area contributed by atoms with Crippen LogP contribution in [0.15, 0.2) is 42.5 Å². The summed E-state index contributed by atoms with van der Waals surface area (Å²) in [5.74, 6) is -0.504. The third-order valence-corrected chi connectivity index (χ3v) is 6.52. The minimum absolute atomic E-state index is 0.381. The van der Waals surface area contributed by atoms with Crippen LogP contribution in [-0.4, -0.2) is 39.5 Å². The molecule has 3 aromatic rings. The van der Waals surface area contributed by atoms with Crippen LogP contribution in [0.5, 0.6) is 0 Å². The quantitative estimate of drug-likeness (QED) is 0.617. The summed E-state index contributed by atoms with van der Waals surface area (Å²) in [6.07, 6.45) is 2.19. The Morgan fingerprint density at radius 1 is 1.20 bits per heavy atom. The van der Waals surface area contributed by atoms with Gasteiger partial charge in [-0.25, -0.2) is 4.79 Å². The molecule has 0 bridgehead atoms. The Labute approximate surface area is 176 Å². The number of hydrogen-bond acceptors (Lipinski definition) is 6. The van der Waals surface area contributed by atoms with Gasteiger partial charge in [0, 0.05) is 5.92 Å². The summed E-state index contributed by atoms with van der Waals surface area (Å²) in [6, 6.07) is 12.8. The molecule has 8 nitrogen and oxygen atoms in total. The number of carbonyl (C=O) groups is 3. The fraction of sp³-hybridized carbons (Fsp3) is 0.286. The standard InChI is InChI=1S/C21H19N5O3S/c1-21(15-9-8-12-4-2-3-5-14(12)10-15)18(28)26(20(29)23-21)11-16(27)22-19-25-24-17(30-19)13-6-7-13/h2-5,8-10,13H,6-7,11H2,1H3,(H,23,29)(H,22,25,27)/t21-/m0/s1. The number of amides is 4. The Kier molecular flexibility index (Phi) is 4.28. The number of rotatable bonds is 5. The Hall–Kier alpha value is -3.33. The lowest BCUT2D eigenvalue weighted by molar-refractivity contribution is -0.133. The van der Waals surface area contributed by atoms with Crippen molar-refractivity contribution < 1.29 is 14.4 Å². The first kappa shape index (κ1) is 18.7. The van der Waals surface area contributed by atoms with Gasteiger partial charge < -0.3 is 5.32 Å². The molecule has 2 aliphatic rings. The number of nitrogens with one attached hydrogen (secondary N) is 2. The number of benzene rings is 2. The summed E-state index contributed by atoms with van der Waals surface area (Å²) < 4.78 is 0. The van der Waals surface area contributed by atoms with Gasteiger partial charge in [-0.15, -0.1) is 10.2 Å². The van der Waals surface area contributed by atoms with Gasteiger partial charge in [-0.2, -0.15) is 0 Å². The van der Waals surface area contributed by atoms with Crippen LogP contribution in [0.3, 0.4) is 0 Å². The maximum atomic E-state index is 13.1. The molecule has 1 aliphatic carbocycles. The molecule has 2 N–H and O–H groups in total. The molecule has 2 fully saturated rings. The van der Waals surface area contributed by atoms with Gasteiger partial charge in [0.25, 0.3) is 5.91 Å². The molecular formula is C21H19N5O3S. The average Bonchev–Trinajstić information content (AvgIpc) is 3.45. The molecule has 30 heavy (non-hydrogen) atoms. The van der Waals surface area contributed by atoms with Crippen molar-refractivity contribution >= 4 is 45.1 Å². The maximum Gasteiger partial charge on any atom is 0.325 e. The van der Waals surface area contributed by atoms with E-state index in [9.17, 15) is 14.4 Å². The second-order valence-electron chi connectivity index (χ2n) is 7.78. The van der Waals surface area contributed by atoms with Crippen molar-refractivity contribution in [2.24, 2.45) is 0 Å². The van der Waals surface area contributed by atoms with Crippen molar-refractivity contribution in [3.63, 3.8) is 0 Å². The van der Waals surface area contributed by atoms with Crippen molar-refractivity contribution in [1.82, 2.24) is 20.4 Å². The van der Waals surface area contributed by atoms with E-state index in [1.54, 1.807) is 6.92 Å². The van der Waals surface area contributed by atoms with E-state index in [0.29, 0.717) is 16.6 Å². The van der Waals surface area contributed by atoms with E-state index in [-0.39, 0.29) is 6.54 Å². The zero-order chi connectivity index (χ0) is 20.9. The number of hydrogen-bond donors (Lipinski definition) is 2. The first-order valence-electron chi connectivity index (χ1n) is 9.71. The third kappa shape index (κ3) is 3.21. The van der Waals surface area contributed by atoms with E-state index < -0.39 is 23.4 Å². The first-order chi connectivity index (χ1) is 14.4. The highest BCUT2D eigenvalue weighted by Gasteiger charge is 2.49. The number of aromatic nitrogens is 2. The average molecular weight is 421 g/mol. The summed E-state index contributed by atoms with van der Waals surface area (Å²) >= 11 is 1.33. The summed E-state index contributed by atoms with van der Waals surface area (Å²) in [6.45, 7) is 1.27. The van der Waals surface area contributed by atoms with Crippen molar-refractivity contribution in [2.75, 3.05) is 11.9 Å². The number of nitrogens with zero attached hydrogens (tertiary/aromatic N) is 3. The Morgan fingerprint density at radius 3 is 2.73 bits per heavy atom. The van der Waals surface area contributed by atoms with E-state index in [1.165, 1.54) is 11.3 Å².